The van der Waals surface area contributed by atoms with E-state index in [-0.39, 0.29) is 29.9 Å². The highest BCUT2D eigenvalue weighted by atomic mass is 16.5. The molecule has 3 atom stereocenters. The van der Waals surface area contributed by atoms with Gasteiger partial charge in [-0.25, -0.2) is 0 Å². The second kappa shape index (κ2) is 7.97. The Bertz CT molecular complexity index is 607. The summed E-state index contributed by atoms with van der Waals surface area (Å²) in [6, 6.07) is 9.89. The maximum absolute atomic E-state index is 12.9. The van der Waals surface area contributed by atoms with E-state index in [0.29, 0.717) is 26.2 Å². The first-order chi connectivity index (χ1) is 12.1. The maximum Gasteiger partial charge on any atom is 0.239 e. The van der Waals surface area contributed by atoms with Crippen molar-refractivity contribution in [2.24, 2.45) is 11.7 Å². The number of hydrogen-bond donors (Lipinski definition) is 1. The quantitative estimate of drug-likeness (QED) is 0.889. The molecule has 0 saturated carbocycles. The van der Waals surface area contributed by atoms with Gasteiger partial charge < -0.3 is 15.4 Å². The van der Waals surface area contributed by atoms with Crippen LogP contribution in [0.2, 0.25) is 0 Å². The van der Waals surface area contributed by atoms with Crippen molar-refractivity contribution in [3.63, 3.8) is 0 Å². The van der Waals surface area contributed by atoms with Gasteiger partial charge in [0, 0.05) is 26.2 Å². The fraction of sp³-hybridized carbons (Fsp3) is 0.579. The van der Waals surface area contributed by atoms with Crippen LogP contribution < -0.4 is 5.73 Å². The number of carbonyl (C=O) groups is 2. The lowest BCUT2D eigenvalue weighted by Gasteiger charge is -2.39. The second-order valence-corrected chi connectivity index (χ2v) is 6.97. The Hall–Kier alpha value is -1.92. The molecule has 6 heteroatoms. The minimum Gasteiger partial charge on any atom is -0.371 e. The van der Waals surface area contributed by atoms with Gasteiger partial charge in [-0.1, -0.05) is 30.3 Å². The van der Waals surface area contributed by atoms with Crippen LogP contribution in [0.4, 0.5) is 0 Å². The average Bonchev–Trinajstić information content (AvgIpc) is 2.67. The normalized spacial score (nSPS) is 26.2. The molecule has 3 rings (SSSR count). The van der Waals surface area contributed by atoms with E-state index < -0.39 is 0 Å². The van der Waals surface area contributed by atoms with Crippen molar-refractivity contribution in [3.05, 3.63) is 35.9 Å². The van der Waals surface area contributed by atoms with E-state index in [1.54, 1.807) is 4.90 Å². The van der Waals surface area contributed by atoms with Gasteiger partial charge in [-0.3, -0.25) is 14.5 Å². The number of carbonyl (C=O) groups excluding carboxylic acids is 2. The van der Waals surface area contributed by atoms with Gasteiger partial charge in [-0.05, 0) is 25.3 Å². The lowest BCUT2D eigenvalue weighted by molar-refractivity contribution is -0.142. The SMILES string of the molecule is CC(C(=O)N1CCCC(C(N)=O)C1)N1CCOC(c2ccccc2)C1. The van der Waals surface area contributed by atoms with E-state index in [4.69, 9.17) is 10.5 Å². The van der Waals surface area contributed by atoms with Crippen LogP contribution in [0.3, 0.4) is 0 Å². The van der Waals surface area contributed by atoms with Crippen LogP contribution in [0.1, 0.15) is 31.4 Å². The molecule has 0 bridgehead atoms. The first-order valence-electron chi connectivity index (χ1n) is 9.05. The van der Waals surface area contributed by atoms with Crippen molar-refractivity contribution < 1.29 is 14.3 Å². The van der Waals surface area contributed by atoms with Crippen LogP contribution in [0.25, 0.3) is 0 Å². The number of ether oxygens (including phenoxy) is 1. The molecule has 0 aromatic heterocycles. The highest BCUT2D eigenvalue weighted by molar-refractivity contribution is 5.83. The molecular weight excluding hydrogens is 318 g/mol. The number of nitrogens with two attached hydrogens (primary N) is 1. The standard InChI is InChI=1S/C19H27N3O3/c1-14(19(24)22-9-5-8-16(12-22)18(20)23)21-10-11-25-17(13-21)15-6-3-2-4-7-15/h2-4,6-7,14,16-17H,5,8-13H2,1H3,(H2,20,23). The highest BCUT2D eigenvalue weighted by Gasteiger charge is 2.34. The number of hydrogen-bond acceptors (Lipinski definition) is 4. The maximum atomic E-state index is 12.9. The predicted octanol–water partition coefficient (Wildman–Crippen LogP) is 1.17. The molecule has 0 aliphatic carbocycles. The molecule has 6 nitrogen and oxygen atoms in total. The number of nitrogens with zero attached hydrogens (tertiary/aromatic N) is 2. The van der Waals surface area contributed by atoms with Gasteiger partial charge in [-0.15, -0.1) is 0 Å². The second-order valence-electron chi connectivity index (χ2n) is 6.97. The number of amides is 2. The summed E-state index contributed by atoms with van der Waals surface area (Å²) in [6.45, 7) is 5.16. The minimum absolute atomic E-state index is 0.00933. The third kappa shape index (κ3) is 4.19. The summed E-state index contributed by atoms with van der Waals surface area (Å²) in [5, 5.41) is 0. The zero-order valence-corrected chi connectivity index (χ0v) is 14.8. The van der Waals surface area contributed by atoms with Crippen molar-refractivity contribution in [1.82, 2.24) is 9.80 Å². The van der Waals surface area contributed by atoms with Crippen LogP contribution >= 0.6 is 0 Å². The van der Waals surface area contributed by atoms with Gasteiger partial charge >= 0.3 is 0 Å². The third-order valence-corrected chi connectivity index (χ3v) is 5.31. The van der Waals surface area contributed by atoms with E-state index in [1.165, 1.54) is 0 Å². The van der Waals surface area contributed by atoms with Crippen molar-refractivity contribution in [1.29, 1.82) is 0 Å². The van der Waals surface area contributed by atoms with Crippen molar-refractivity contribution in [2.75, 3.05) is 32.8 Å². The van der Waals surface area contributed by atoms with Gasteiger partial charge in [0.25, 0.3) is 0 Å². The molecule has 2 amide bonds. The monoisotopic (exact) mass is 345 g/mol. The van der Waals surface area contributed by atoms with Gasteiger partial charge in [0.2, 0.25) is 11.8 Å². The Morgan fingerprint density at radius 3 is 2.68 bits per heavy atom. The molecule has 2 aliphatic heterocycles. The molecule has 136 valence electrons. The van der Waals surface area contributed by atoms with Crippen LogP contribution in [-0.4, -0.2) is 60.4 Å². The van der Waals surface area contributed by atoms with Crippen molar-refractivity contribution in [2.45, 2.75) is 31.9 Å². The lowest BCUT2D eigenvalue weighted by atomic mass is 9.97. The highest BCUT2D eigenvalue weighted by Crippen LogP contribution is 2.24. The molecule has 1 aromatic rings. The summed E-state index contributed by atoms with van der Waals surface area (Å²) in [6.07, 6.45) is 1.60. The zero-order valence-electron chi connectivity index (χ0n) is 14.8. The van der Waals surface area contributed by atoms with Gasteiger partial charge in [-0.2, -0.15) is 0 Å². The predicted molar refractivity (Wildman–Crippen MR) is 94.7 cm³/mol. The average molecular weight is 345 g/mol. The molecule has 2 aliphatic rings. The number of rotatable bonds is 4. The fourth-order valence-corrected chi connectivity index (χ4v) is 3.72. The smallest absolute Gasteiger partial charge is 0.239 e. The number of piperidine rings is 1. The summed E-state index contributed by atoms with van der Waals surface area (Å²) in [5.74, 6) is -0.438. The molecular formula is C19H27N3O3. The molecule has 0 radical (unpaired) electrons. The molecule has 3 unspecified atom stereocenters. The number of likely N-dealkylation sites (tertiary alicyclic amines) is 1. The lowest BCUT2D eigenvalue weighted by Crippen LogP contribution is -2.54. The van der Waals surface area contributed by atoms with Crippen LogP contribution in [-0.2, 0) is 14.3 Å². The summed E-state index contributed by atoms with van der Waals surface area (Å²) in [7, 11) is 0. The van der Waals surface area contributed by atoms with Crippen LogP contribution in [0, 0.1) is 5.92 Å². The van der Waals surface area contributed by atoms with E-state index in [9.17, 15) is 9.59 Å². The molecule has 1 aromatic carbocycles. The third-order valence-electron chi connectivity index (χ3n) is 5.31. The Kier molecular flexibility index (Phi) is 5.71. The first kappa shape index (κ1) is 17.9. The largest absolute Gasteiger partial charge is 0.371 e. The number of benzene rings is 1. The van der Waals surface area contributed by atoms with Gasteiger partial charge in [0.1, 0.15) is 0 Å². The summed E-state index contributed by atoms with van der Waals surface area (Å²) in [4.78, 5) is 28.3. The molecule has 2 N–H and O–H groups in total. The first-order valence-corrected chi connectivity index (χ1v) is 9.05. The zero-order chi connectivity index (χ0) is 17.8. The molecule has 25 heavy (non-hydrogen) atoms. The number of primary amides is 1. The van der Waals surface area contributed by atoms with Crippen molar-refractivity contribution in [3.8, 4) is 0 Å². The van der Waals surface area contributed by atoms with Crippen molar-refractivity contribution >= 4 is 11.8 Å². The van der Waals surface area contributed by atoms with E-state index in [0.717, 1.165) is 24.9 Å². The molecule has 2 heterocycles. The van der Waals surface area contributed by atoms with E-state index in [1.807, 2.05) is 25.1 Å². The molecule has 0 spiro atoms. The van der Waals surface area contributed by atoms with Crippen LogP contribution in [0.5, 0.6) is 0 Å². The minimum atomic E-state index is -0.305. The summed E-state index contributed by atoms with van der Waals surface area (Å²) in [5.41, 5.74) is 6.56. The van der Waals surface area contributed by atoms with Gasteiger partial charge in [0.05, 0.1) is 24.7 Å². The Balaban J connectivity index is 1.62. The summed E-state index contributed by atoms with van der Waals surface area (Å²) >= 11 is 0. The topological polar surface area (TPSA) is 75.9 Å². The van der Waals surface area contributed by atoms with Crippen LogP contribution in [0.15, 0.2) is 30.3 Å². The van der Waals surface area contributed by atoms with E-state index >= 15 is 0 Å². The van der Waals surface area contributed by atoms with E-state index in [2.05, 4.69) is 17.0 Å². The van der Waals surface area contributed by atoms with Gasteiger partial charge in [0.15, 0.2) is 0 Å². The number of morpholine rings is 1. The summed E-state index contributed by atoms with van der Waals surface area (Å²) < 4.78 is 5.89. The molecule has 2 saturated heterocycles. The molecule has 2 fully saturated rings. The Morgan fingerprint density at radius 2 is 1.96 bits per heavy atom. The Morgan fingerprint density at radius 1 is 1.20 bits per heavy atom. The Labute approximate surface area is 148 Å². The fourth-order valence-electron chi connectivity index (χ4n) is 3.72.